The third-order valence-electron chi connectivity index (χ3n) is 3.92. The highest BCUT2D eigenvalue weighted by molar-refractivity contribution is 6.33. The van der Waals surface area contributed by atoms with Crippen molar-refractivity contribution < 1.29 is 9.90 Å². The van der Waals surface area contributed by atoms with Crippen molar-refractivity contribution in [3.63, 3.8) is 0 Å². The zero-order valence-electron chi connectivity index (χ0n) is 13.2. The fraction of sp³-hybridized carbons (Fsp3) is 0. The topological polar surface area (TPSA) is 67.5 Å². The number of aromatic nitrogens is 3. The number of carbonyl (C=O) groups is 1. The first-order valence-electron chi connectivity index (χ1n) is 7.68. The van der Waals surface area contributed by atoms with Crippen molar-refractivity contribution in [1.82, 2.24) is 14.6 Å². The van der Waals surface area contributed by atoms with Crippen LogP contribution in [0.25, 0.3) is 28.2 Å². The second-order valence-electron chi connectivity index (χ2n) is 5.62. The van der Waals surface area contributed by atoms with E-state index >= 15 is 0 Å². The highest BCUT2D eigenvalue weighted by Gasteiger charge is 2.16. The molecular formula is C19H11Cl2N3O2. The molecule has 0 aliphatic rings. The van der Waals surface area contributed by atoms with Crippen molar-refractivity contribution in [2.24, 2.45) is 0 Å². The highest BCUT2D eigenvalue weighted by Crippen LogP contribution is 2.31. The monoisotopic (exact) mass is 383 g/mol. The van der Waals surface area contributed by atoms with Crippen LogP contribution in [0.5, 0.6) is 0 Å². The SMILES string of the molecule is O=C(O)c1cc2nc(-c3ccccc3Cl)cc(-c3cccc(Cl)c3)n2n1. The Hall–Kier alpha value is -2.89. The summed E-state index contributed by atoms with van der Waals surface area (Å²) in [6.45, 7) is 0. The molecule has 2 aromatic carbocycles. The number of nitrogens with zero attached hydrogens (tertiary/aromatic N) is 3. The van der Waals surface area contributed by atoms with Crippen molar-refractivity contribution >= 4 is 34.8 Å². The first kappa shape index (κ1) is 16.6. The Bertz CT molecular complexity index is 1150. The molecule has 0 unspecified atom stereocenters. The quantitative estimate of drug-likeness (QED) is 0.536. The van der Waals surface area contributed by atoms with Crippen LogP contribution >= 0.6 is 23.2 Å². The molecule has 128 valence electrons. The Morgan fingerprint density at radius 3 is 2.54 bits per heavy atom. The minimum Gasteiger partial charge on any atom is -0.476 e. The van der Waals surface area contributed by atoms with E-state index in [2.05, 4.69) is 10.1 Å². The second-order valence-corrected chi connectivity index (χ2v) is 6.47. The van der Waals surface area contributed by atoms with Crippen molar-refractivity contribution in [2.45, 2.75) is 0 Å². The third kappa shape index (κ3) is 2.92. The summed E-state index contributed by atoms with van der Waals surface area (Å²) >= 11 is 12.4. The number of benzene rings is 2. The lowest BCUT2D eigenvalue weighted by Gasteiger charge is -2.10. The van der Waals surface area contributed by atoms with Crippen LogP contribution in [0.3, 0.4) is 0 Å². The molecule has 0 atom stereocenters. The van der Waals surface area contributed by atoms with Crippen molar-refractivity contribution in [3.8, 4) is 22.5 Å². The number of aromatic carboxylic acids is 1. The van der Waals surface area contributed by atoms with Crippen molar-refractivity contribution in [1.29, 1.82) is 0 Å². The van der Waals surface area contributed by atoms with E-state index in [0.717, 1.165) is 11.1 Å². The van der Waals surface area contributed by atoms with Gasteiger partial charge in [-0.05, 0) is 24.3 Å². The van der Waals surface area contributed by atoms with Gasteiger partial charge in [-0.15, -0.1) is 0 Å². The van der Waals surface area contributed by atoms with Gasteiger partial charge in [0.2, 0.25) is 0 Å². The van der Waals surface area contributed by atoms with Gasteiger partial charge in [0.1, 0.15) is 0 Å². The number of hydrogen-bond acceptors (Lipinski definition) is 3. The van der Waals surface area contributed by atoms with Gasteiger partial charge in [0.05, 0.1) is 11.4 Å². The number of fused-ring (bicyclic) bond motifs is 1. The highest BCUT2D eigenvalue weighted by atomic mass is 35.5. The molecule has 0 aliphatic heterocycles. The molecule has 1 N–H and O–H groups in total. The van der Waals surface area contributed by atoms with Crippen LogP contribution in [0, 0.1) is 0 Å². The molecule has 0 saturated heterocycles. The number of hydrogen-bond donors (Lipinski definition) is 1. The van der Waals surface area contributed by atoms with Gasteiger partial charge in [-0.25, -0.2) is 14.3 Å². The number of rotatable bonds is 3. The summed E-state index contributed by atoms with van der Waals surface area (Å²) in [5.74, 6) is -1.12. The average molecular weight is 384 g/mol. The molecule has 0 spiro atoms. The fourth-order valence-corrected chi connectivity index (χ4v) is 3.16. The molecule has 0 bridgehead atoms. The van der Waals surface area contributed by atoms with Gasteiger partial charge >= 0.3 is 5.97 Å². The molecule has 0 saturated carbocycles. The Balaban J connectivity index is 2.04. The van der Waals surface area contributed by atoms with E-state index in [1.165, 1.54) is 10.6 Å². The molecule has 4 rings (SSSR count). The smallest absolute Gasteiger partial charge is 0.356 e. The molecule has 2 aromatic heterocycles. The van der Waals surface area contributed by atoms with Crippen LogP contribution in [-0.2, 0) is 0 Å². The van der Waals surface area contributed by atoms with E-state index < -0.39 is 5.97 Å². The summed E-state index contributed by atoms with van der Waals surface area (Å²) in [7, 11) is 0. The van der Waals surface area contributed by atoms with Gasteiger partial charge in [-0.2, -0.15) is 5.10 Å². The Labute approximate surface area is 158 Å². The predicted molar refractivity (Wildman–Crippen MR) is 101 cm³/mol. The van der Waals surface area contributed by atoms with Gasteiger partial charge < -0.3 is 5.11 Å². The summed E-state index contributed by atoms with van der Waals surface area (Å²) in [5.41, 5.74) is 3.15. The lowest BCUT2D eigenvalue weighted by atomic mass is 10.1. The molecule has 4 aromatic rings. The molecule has 26 heavy (non-hydrogen) atoms. The fourth-order valence-electron chi connectivity index (χ4n) is 2.74. The average Bonchev–Trinajstić information content (AvgIpc) is 3.06. The minimum absolute atomic E-state index is 0.0860. The number of carboxylic acid groups (broad SMARTS) is 1. The summed E-state index contributed by atoms with van der Waals surface area (Å²) in [5, 5.41) is 14.6. The Morgan fingerprint density at radius 1 is 1.00 bits per heavy atom. The van der Waals surface area contributed by atoms with Gasteiger partial charge in [0.15, 0.2) is 11.3 Å². The molecule has 0 aliphatic carbocycles. The van der Waals surface area contributed by atoms with Crippen LogP contribution in [0.1, 0.15) is 10.5 Å². The summed E-state index contributed by atoms with van der Waals surface area (Å²) in [6, 6.07) is 17.8. The van der Waals surface area contributed by atoms with E-state index in [-0.39, 0.29) is 5.69 Å². The van der Waals surface area contributed by atoms with Crippen LogP contribution in [0.2, 0.25) is 10.0 Å². The van der Waals surface area contributed by atoms with Crippen molar-refractivity contribution in [2.75, 3.05) is 0 Å². The molecule has 2 heterocycles. The van der Waals surface area contributed by atoms with Crippen LogP contribution in [0.15, 0.2) is 60.7 Å². The van der Waals surface area contributed by atoms with E-state index in [1.54, 1.807) is 18.2 Å². The maximum Gasteiger partial charge on any atom is 0.356 e. The summed E-state index contributed by atoms with van der Waals surface area (Å²) < 4.78 is 1.50. The van der Waals surface area contributed by atoms with E-state index in [4.69, 9.17) is 23.2 Å². The van der Waals surface area contributed by atoms with Crippen LogP contribution in [0.4, 0.5) is 0 Å². The molecule has 5 nitrogen and oxygen atoms in total. The Kier molecular flexibility index (Phi) is 4.11. The first-order valence-corrected chi connectivity index (χ1v) is 8.43. The zero-order chi connectivity index (χ0) is 18.3. The van der Waals surface area contributed by atoms with Gasteiger partial charge in [0.25, 0.3) is 0 Å². The zero-order valence-corrected chi connectivity index (χ0v) is 14.7. The molecule has 0 radical (unpaired) electrons. The molecular weight excluding hydrogens is 373 g/mol. The lowest BCUT2D eigenvalue weighted by Crippen LogP contribution is -2.01. The van der Waals surface area contributed by atoms with E-state index in [1.807, 2.05) is 36.4 Å². The van der Waals surface area contributed by atoms with Crippen LogP contribution in [-0.4, -0.2) is 25.7 Å². The Morgan fingerprint density at radius 2 is 1.81 bits per heavy atom. The van der Waals surface area contributed by atoms with Crippen LogP contribution < -0.4 is 0 Å². The van der Waals surface area contributed by atoms with E-state index in [0.29, 0.717) is 27.1 Å². The maximum absolute atomic E-state index is 11.3. The van der Waals surface area contributed by atoms with E-state index in [9.17, 15) is 9.90 Å². The molecule has 0 fully saturated rings. The largest absolute Gasteiger partial charge is 0.476 e. The van der Waals surface area contributed by atoms with Gasteiger partial charge in [-0.3, -0.25) is 0 Å². The normalized spacial score (nSPS) is 11.0. The lowest BCUT2D eigenvalue weighted by molar-refractivity contribution is 0.0690. The van der Waals surface area contributed by atoms with Gasteiger partial charge in [0, 0.05) is 27.2 Å². The molecule has 0 amide bonds. The standard InChI is InChI=1S/C19H11Cl2N3O2/c20-12-5-3-4-11(8-12)17-9-15(13-6-1-2-7-14(13)21)22-18-10-16(19(25)26)23-24(17)18/h1-10H,(H,25,26). The maximum atomic E-state index is 11.3. The summed E-state index contributed by atoms with van der Waals surface area (Å²) in [6.07, 6.45) is 0. The minimum atomic E-state index is -1.12. The van der Waals surface area contributed by atoms with Gasteiger partial charge in [-0.1, -0.05) is 53.5 Å². The predicted octanol–water partition coefficient (Wildman–Crippen LogP) is 5.07. The first-order chi connectivity index (χ1) is 12.5. The summed E-state index contributed by atoms with van der Waals surface area (Å²) in [4.78, 5) is 15.9. The number of halogens is 2. The second kappa shape index (κ2) is 6.44. The third-order valence-corrected chi connectivity index (χ3v) is 4.48. The van der Waals surface area contributed by atoms with Crippen molar-refractivity contribution in [3.05, 3.63) is 76.4 Å². The molecule has 7 heteroatoms. The number of carboxylic acids is 1.